The molecule has 1 aliphatic heterocycles. The van der Waals surface area contributed by atoms with Gasteiger partial charge in [-0.3, -0.25) is 4.79 Å². The van der Waals surface area contributed by atoms with Crippen molar-refractivity contribution in [2.24, 2.45) is 5.92 Å². The minimum absolute atomic E-state index is 0.169. The summed E-state index contributed by atoms with van der Waals surface area (Å²) in [7, 11) is 0. The third-order valence-electron chi connectivity index (χ3n) is 4.36. The highest BCUT2D eigenvalue weighted by molar-refractivity contribution is 6.35. The molecule has 21 heavy (non-hydrogen) atoms. The number of amides is 1. The molecule has 2 aliphatic rings. The van der Waals surface area contributed by atoms with Crippen molar-refractivity contribution in [2.45, 2.75) is 38.1 Å². The Balaban J connectivity index is 1.59. The van der Waals surface area contributed by atoms with Crippen LogP contribution in [0.5, 0.6) is 0 Å². The van der Waals surface area contributed by atoms with E-state index in [2.05, 4.69) is 15.3 Å². The summed E-state index contributed by atoms with van der Waals surface area (Å²) in [6, 6.07) is 0.169. The highest BCUT2D eigenvalue weighted by atomic mass is 35.5. The number of hydrogen-bond donors (Lipinski definition) is 2. The van der Waals surface area contributed by atoms with Gasteiger partial charge in [0.25, 0.3) is 0 Å². The van der Waals surface area contributed by atoms with Gasteiger partial charge in [0, 0.05) is 25.0 Å². The molecule has 1 aliphatic carbocycles. The number of carbonyl (C=O) groups is 1. The van der Waals surface area contributed by atoms with Crippen molar-refractivity contribution in [3.05, 3.63) is 11.3 Å². The van der Waals surface area contributed by atoms with Crippen LogP contribution >= 0.6 is 11.6 Å². The number of anilines is 2. The van der Waals surface area contributed by atoms with Gasteiger partial charge in [0.15, 0.2) is 5.82 Å². The fourth-order valence-electron chi connectivity index (χ4n) is 3.19. The topological polar surface area (TPSA) is 84.1 Å². The molecule has 1 aromatic heterocycles. The summed E-state index contributed by atoms with van der Waals surface area (Å²) in [6.07, 6.45) is 6.74. The van der Waals surface area contributed by atoms with Crippen LogP contribution in [0.15, 0.2) is 6.33 Å². The van der Waals surface area contributed by atoms with Crippen molar-refractivity contribution in [3.8, 4) is 0 Å². The van der Waals surface area contributed by atoms with Crippen molar-refractivity contribution >= 4 is 29.1 Å². The minimum Gasteiger partial charge on any atom is -0.382 e. The smallest absolute Gasteiger partial charge is 0.225 e. The van der Waals surface area contributed by atoms with Gasteiger partial charge in [-0.25, -0.2) is 9.97 Å². The van der Waals surface area contributed by atoms with Crippen LogP contribution in [0.3, 0.4) is 0 Å². The van der Waals surface area contributed by atoms with Crippen molar-refractivity contribution in [3.63, 3.8) is 0 Å². The molecule has 0 aromatic carbocycles. The van der Waals surface area contributed by atoms with Crippen LogP contribution in [0.4, 0.5) is 11.6 Å². The van der Waals surface area contributed by atoms with Crippen molar-refractivity contribution in [1.82, 2.24) is 14.9 Å². The average molecular weight is 310 g/mol. The molecule has 0 spiro atoms. The Morgan fingerprint density at radius 1 is 1.33 bits per heavy atom. The fourth-order valence-corrected chi connectivity index (χ4v) is 3.34. The van der Waals surface area contributed by atoms with Crippen molar-refractivity contribution in [1.29, 1.82) is 0 Å². The van der Waals surface area contributed by atoms with E-state index in [9.17, 15) is 4.79 Å². The van der Waals surface area contributed by atoms with E-state index >= 15 is 0 Å². The highest BCUT2D eigenvalue weighted by Gasteiger charge is 2.32. The number of nitrogens with one attached hydrogen (secondary N) is 1. The van der Waals surface area contributed by atoms with E-state index < -0.39 is 0 Å². The highest BCUT2D eigenvalue weighted by Crippen LogP contribution is 2.29. The van der Waals surface area contributed by atoms with Crippen LogP contribution in [0.25, 0.3) is 0 Å². The molecule has 2 heterocycles. The molecular weight excluding hydrogens is 290 g/mol. The standard InChI is InChI=1S/C14H20ClN5O/c15-11-12(16)17-8-18-13(11)19-10-5-6-20(7-10)14(21)9-3-1-2-4-9/h8-10H,1-7H2,(H3,16,17,18,19)/t10-/m1/s1. The van der Waals surface area contributed by atoms with E-state index in [-0.39, 0.29) is 17.8 Å². The Labute approximate surface area is 129 Å². The summed E-state index contributed by atoms with van der Waals surface area (Å²) in [4.78, 5) is 22.3. The largest absolute Gasteiger partial charge is 0.382 e. The van der Waals surface area contributed by atoms with Crippen molar-refractivity contribution < 1.29 is 4.79 Å². The Hall–Kier alpha value is -1.56. The average Bonchev–Trinajstić information content (AvgIpc) is 3.15. The van der Waals surface area contributed by atoms with Crippen LogP contribution in [0.2, 0.25) is 5.02 Å². The maximum atomic E-state index is 12.4. The Bertz CT molecular complexity index is 532. The number of hydrogen-bond acceptors (Lipinski definition) is 5. The molecule has 114 valence electrons. The van der Waals surface area contributed by atoms with Gasteiger partial charge in [-0.2, -0.15) is 0 Å². The summed E-state index contributed by atoms with van der Waals surface area (Å²) < 4.78 is 0. The second-order valence-corrected chi connectivity index (χ2v) is 6.20. The lowest BCUT2D eigenvalue weighted by Gasteiger charge is -2.21. The quantitative estimate of drug-likeness (QED) is 0.891. The Morgan fingerprint density at radius 2 is 2.10 bits per heavy atom. The van der Waals surface area contributed by atoms with Gasteiger partial charge in [0.05, 0.1) is 0 Å². The second kappa shape index (κ2) is 6.05. The number of nitrogens with zero attached hydrogens (tertiary/aromatic N) is 3. The summed E-state index contributed by atoms with van der Waals surface area (Å²) in [6.45, 7) is 1.50. The summed E-state index contributed by atoms with van der Waals surface area (Å²) in [5.74, 6) is 1.36. The second-order valence-electron chi connectivity index (χ2n) is 5.82. The van der Waals surface area contributed by atoms with Gasteiger partial charge >= 0.3 is 0 Å². The first kappa shape index (κ1) is 14.4. The van der Waals surface area contributed by atoms with Crippen LogP contribution in [-0.2, 0) is 4.79 Å². The monoisotopic (exact) mass is 309 g/mol. The zero-order valence-electron chi connectivity index (χ0n) is 11.9. The predicted molar refractivity (Wildman–Crippen MR) is 82.0 cm³/mol. The van der Waals surface area contributed by atoms with Crippen LogP contribution < -0.4 is 11.1 Å². The van der Waals surface area contributed by atoms with Crippen LogP contribution in [-0.4, -0.2) is 39.9 Å². The zero-order valence-corrected chi connectivity index (χ0v) is 12.6. The first-order chi connectivity index (χ1) is 10.1. The van der Waals surface area contributed by atoms with Gasteiger partial charge < -0.3 is 16.0 Å². The number of carbonyl (C=O) groups excluding carboxylic acids is 1. The number of likely N-dealkylation sites (tertiary alicyclic amines) is 1. The molecule has 1 aromatic rings. The molecule has 0 bridgehead atoms. The maximum Gasteiger partial charge on any atom is 0.225 e. The van der Waals surface area contributed by atoms with E-state index in [1.807, 2.05) is 4.90 Å². The van der Waals surface area contributed by atoms with Gasteiger partial charge in [0.2, 0.25) is 5.91 Å². The van der Waals surface area contributed by atoms with E-state index in [1.165, 1.54) is 19.2 Å². The molecular formula is C14H20ClN5O. The molecule has 1 saturated carbocycles. The van der Waals surface area contributed by atoms with Gasteiger partial charge in [-0.05, 0) is 19.3 Å². The molecule has 3 rings (SSSR count). The number of aromatic nitrogens is 2. The summed E-state index contributed by atoms with van der Waals surface area (Å²) in [5.41, 5.74) is 5.67. The molecule has 7 heteroatoms. The predicted octanol–water partition coefficient (Wildman–Crippen LogP) is 1.92. The molecule has 1 amide bonds. The summed E-state index contributed by atoms with van der Waals surface area (Å²) >= 11 is 6.08. The molecule has 1 atom stereocenters. The molecule has 6 nitrogen and oxygen atoms in total. The number of halogens is 1. The zero-order chi connectivity index (χ0) is 14.8. The third-order valence-corrected chi connectivity index (χ3v) is 4.73. The number of nitrogen functional groups attached to an aromatic ring is 1. The maximum absolute atomic E-state index is 12.4. The van der Waals surface area contributed by atoms with E-state index in [0.717, 1.165) is 25.8 Å². The molecule has 0 radical (unpaired) electrons. The number of rotatable bonds is 3. The van der Waals surface area contributed by atoms with Gasteiger partial charge in [-0.1, -0.05) is 24.4 Å². The minimum atomic E-state index is 0.169. The third kappa shape index (κ3) is 3.05. The van der Waals surface area contributed by atoms with E-state index in [1.54, 1.807) is 0 Å². The molecule has 3 N–H and O–H groups in total. The SMILES string of the molecule is Nc1ncnc(N[C@@H]2CCN(C(=O)C3CCCC3)C2)c1Cl. The fraction of sp³-hybridized carbons (Fsp3) is 0.643. The normalized spacial score (nSPS) is 22.7. The lowest BCUT2D eigenvalue weighted by Crippen LogP contribution is -2.35. The van der Waals surface area contributed by atoms with E-state index in [0.29, 0.717) is 23.3 Å². The lowest BCUT2D eigenvalue weighted by molar-refractivity contribution is -0.134. The Kier molecular flexibility index (Phi) is 4.14. The summed E-state index contributed by atoms with van der Waals surface area (Å²) in [5, 5.41) is 3.61. The molecule has 1 saturated heterocycles. The lowest BCUT2D eigenvalue weighted by atomic mass is 10.1. The van der Waals surface area contributed by atoms with Gasteiger partial charge in [-0.15, -0.1) is 0 Å². The van der Waals surface area contributed by atoms with Crippen LogP contribution in [0.1, 0.15) is 32.1 Å². The van der Waals surface area contributed by atoms with E-state index in [4.69, 9.17) is 17.3 Å². The molecule has 2 fully saturated rings. The molecule has 0 unspecified atom stereocenters. The van der Waals surface area contributed by atoms with Gasteiger partial charge in [0.1, 0.15) is 17.2 Å². The number of nitrogens with two attached hydrogens (primary N) is 1. The van der Waals surface area contributed by atoms with Crippen molar-refractivity contribution in [2.75, 3.05) is 24.1 Å². The first-order valence-electron chi connectivity index (χ1n) is 7.46. The Morgan fingerprint density at radius 3 is 2.86 bits per heavy atom. The first-order valence-corrected chi connectivity index (χ1v) is 7.84. The van der Waals surface area contributed by atoms with Crippen LogP contribution in [0, 0.1) is 5.92 Å².